The van der Waals surface area contributed by atoms with Gasteiger partial charge < -0.3 is 4.84 Å². The minimum Gasteiger partial charge on any atom is -0.392 e. The molecule has 2 rings (SSSR count). The van der Waals surface area contributed by atoms with Gasteiger partial charge >= 0.3 is 0 Å². The average Bonchev–Trinajstić information content (AvgIpc) is 2.47. The number of oxime groups is 1. The Morgan fingerprint density at radius 3 is 2.38 bits per heavy atom. The van der Waals surface area contributed by atoms with Crippen LogP contribution in [-0.2, 0) is 4.84 Å². The normalized spacial score (nSPS) is 22.8. The van der Waals surface area contributed by atoms with E-state index in [1.54, 1.807) is 0 Å². The fraction of sp³-hybridized carbons (Fsp3) is 0.500. The fourth-order valence-electron chi connectivity index (χ4n) is 1.89. The zero-order valence-corrected chi connectivity index (χ0v) is 10.7. The van der Waals surface area contributed by atoms with Crippen molar-refractivity contribution in [1.82, 2.24) is 0 Å². The number of benzene rings is 1. The third kappa shape index (κ3) is 1.62. The molecule has 1 aromatic rings. The Morgan fingerprint density at radius 1 is 1.19 bits per heavy atom. The van der Waals surface area contributed by atoms with Crippen LogP contribution in [0, 0.1) is 19.3 Å². The van der Waals surface area contributed by atoms with Gasteiger partial charge in [-0.1, -0.05) is 31.1 Å². The van der Waals surface area contributed by atoms with Gasteiger partial charge in [-0.15, -0.1) is 0 Å². The molecule has 1 aromatic carbocycles. The number of nitrogens with zero attached hydrogens (tertiary/aromatic N) is 1. The highest BCUT2D eigenvalue weighted by Crippen LogP contribution is 2.34. The first-order valence-corrected chi connectivity index (χ1v) is 5.75. The van der Waals surface area contributed by atoms with E-state index in [2.05, 4.69) is 58.0 Å². The molecule has 0 amide bonds. The third-order valence-electron chi connectivity index (χ3n) is 3.71. The number of hydrogen-bond donors (Lipinski definition) is 0. The Kier molecular flexibility index (Phi) is 2.53. The van der Waals surface area contributed by atoms with E-state index in [-0.39, 0.29) is 11.5 Å². The molecule has 0 aromatic heterocycles. The minimum atomic E-state index is -0.0122. The van der Waals surface area contributed by atoms with Crippen LogP contribution in [0.3, 0.4) is 0 Å². The molecule has 0 radical (unpaired) electrons. The molecule has 0 fully saturated rings. The second-order valence-corrected chi connectivity index (χ2v) is 5.21. The third-order valence-corrected chi connectivity index (χ3v) is 3.71. The largest absolute Gasteiger partial charge is 0.392 e. The van der Waals surface area contributed by atoms with Crippen molar-refractivity contribution in [2.45, 2.75) is 40.7 Å². The van der Waals surface area contributed by atoms with Crippen molar-refractivity contribution in [3.05, 3.63) is 34.9 Å². The van der Waals surface area contributed by atoms with Crippen LogP contribution in [0.2, 0.25) is 0 Å². The Balaban J connectivity index is 2.43. The van der Waals surface area contributed by atoms with Crippen LogP contribution in [-0.4, -0.2) is 11.8 Å². The standard InChI is InChI=1S/C14H19NO/c1-9-6-7-12(8-10(9)2)13-14(4,5)11(3)16-15-13/h6-8,11H,1-5H3. The Morgan fingerprint density at radius 2 is 1.88 bits per heavy atom. The smallest absolute Gasteiger partial charge is 0.135 e. The lowest BCUT2D eigenvalue weighted by Gasteiger charge is -2.23. The van der Waals surface area contributed by atoms with E-state index in [0.717, 1.165) is 5.71 Å². The first-order chi connectivity index (χ1) is 7.43. The molecule has 2 nitrogen and oxygen atoms in total. The van der Waals surface area contributed by atoms with Crippen molar-refractivity contribution in [1.29, 1.82) is 0 Å². The summed E-state index contributed by atoms with van der Waals surface area (Å²) in [7, 11) is 0. The second-order valence-electron chi connectivity index (χ2n) is 5.21. The van der Waals surface area contributed by atoms with Crippen molar-refractivity contribution >= 4 is 5.71 Å². The second kappa shape index (κ2) is 3.62. The first kappa shape index (κ1) is 11.2. The Labute approximate surface area is 97.3 Å². The summed E-state index contributed by atoms with van der Waals surface area (Å²) in [6.45, 7) is 10.7. The summed E-state index contributed by atoms with van der Waals surface area (Å²) in [5, 5.41) is 4.23. The van der Waals surface area contributed by atoms with Crippen molar-refractivity contribution in [3.63, 3.8) is 0 Å². The van der Waals surface area contributed by atoms with Gasteiger partial charge in [-0.2, -0.15) is 0 Å². The van der Waals surface area contributed by atoms with Gasteiger partial charge in [0.2, 0.25) is 0 Å². The molecule has 1 heterocycles. The van der Waals surface area contributed by atoms with Crippen LogP contribution in [0.15, 0.2) is 23.4 Å². The minimum absolute atomic E-state index is 0.0122. The Bertz CT molecular complexity index is 446. The summed E-state index contributed by atoms with van der Waals surface area (Å²) in [4.78, 5) is 5.39. The van der Waals surface area contributed by atoms with Crippen molar-refractivity contribution in [2.75, 3.05) is 0 Å². The predicted molar refractivity (Wildman–Crippen MR) is 66.8 cm³/mol. The van der Waals surface area contributed by atoms with E-state index in [4.69, 9.17) is 4.84 Å². The molecule has 0 N–H and O–H groups in total. The van der Waals surface area contributed by atoms with Crippen molar-refractivity contribution in [3.8, 4) is 0 Å². The SMILES string of the molecule is Cc1ccc(C2=NOC(C)C2(C)C)cc1C. The van der Waals surface area contributed by atoms with E-state index in [1.807, 2.05) is 0 Å². The molecule has 0 saturated carbocycles. The van der Waals surface area contributed by atoms with E-state index in [1.165, 1.54) is 16.7 Å². The monoisotopic (exact) mass is 217 g/mol. The topological polar surface area (TPSA) is 21.6 Å². The van der Waals surface area contributed by atoms with Gasteiger partial charge in [0.25, 0.3) is 0 Å². The van der Waals surface area contributed by atoms with Gasteiger partial charge in [-0.05, 0) is 38.0 Å². The van der Waals surface area contributed by atoms with Crippen molar-refractivity contribution < 1.29 is 4.84 Å². The fourth-order valence-corrected chi connectivity index (χ4v) is 1.89. The molecular weight excluding hydrogens is 198 g/mol. The maximum atomic E-state index is 5.39. The first-order valence-electron chi connectivity index (χ1n) is 5.75. The molecule has 86 valence electrons. The van der Waals surface area contributed by atoms with E-state index in [0.29, 0.717) is 0 Å². The summed E-state index contributed by atoms with van der Waals surface area (Å²) in [6.07, 6.45) is 0.143. The molecule has 0 spiro atoms. The van der Waals surface area contributed by atoms with Gasteiger partial charge in [0, 0.05) is 5.56 Å². The zero-order valence-electron chi connectivity index (χ0n) is 10.7. The van der Waals surface area contributed by atoms with Crippen LogP contribution >= 0.6 is 0 Å². The molecule has 1 unspecified atom stereocenters. The molecule has 1 aliphatic rings. The summed E-state index contributed by atoms with van der Waals surface area (Å²) < 4.78 is 0. The van der Waals surface area contributed by atoms with Crippen LogP contribution in [0.5, 0.6) is 0 Å². The summed E-state index contributed by atoms with van der Waals surface area (Å²) in [6, 6.07) is 6.47. The lowest BCUT2D eigenvalue weighted by atomic mass is 9.79. The lowest BCUT2D eigenvalue weighted by Crippen LogP contribution is -2.31. The van der Waals surface area contributed by atoms with Crippen LogP contribution in [0.4, 0.5) is 0 Å². The Hall–Kier alpha value is -1.31. The molecular formula is C14H19NO. The van der Waals surface area contributed by atoms with E-state index < -0.39 is 0 Å². The van der Waals surface area contributed by atoms with E-state index in [9.17, 15) is 0 Å². The van der Waals surface area contributed by atoms with Crippen LogP contribution in [0.25, 0.3) is 0 Å². The van der Waals surface area contributed by atoms with Gasteiger partial charge in [0.15, 0.2) is 0 Å². The highest BCUT2D eigenvalue weighted by Gasteiger charge is 2.39. The van der Waals surface area contributed by atoms with Gasteiger partial charge in [-0.25, -0.2) is 0 Å². The quantitative estimate of drug-likeness (QED) is 0.706. The molecule has 0 saturated heterocycles. The van der Waals surface area contributed by atoms with Crippen LogP contribution < -0.4 is 0 Å². The highest BCUT2D eigenvalue weighted by molar-refractivity contribution is 6.05. The highest BCUT2D eigenvalue weighted by atomic mass is 16.6. The van der Waals surface area contributed by atoms with Crippen molar-refractivity contribution in [2.24, 2.45) is 10.6 Å². The predicted octanol–water partition coefficient (Wildman–Crippen LogP) is 3.45. The number of hydrogen-bond acceptors (Lipinski definition) is 2. The zero-order chi connectivity index (χ0) is 11.9. The molecule has 0 aliphatic carbocycles. The van der Waals surface area contributed by atoms with Gasteiger partial charge in [0.05, 0.1) is 11.1 Å². The lowest BCUT2D eigenvalue weighted by molar-refractivity contribution is 0.0511. The summed E-state index contributed by atoms with van der Waals surface area (Å²) in [5.41, 5.74) is 4.84. The maximum Gasteiger partial charge on any atom is 0.135 e. The summed E-state index contributed by atoms with van der Waals surface area (Å²) >= 11 is 0. The molecule has 2 heteroatoms. The van der Waals surface area contributed by atoms with Crippen LogP contribution in [0.1, 0.15) is 37.5 Å². The van der Waals surface area contributed by atoms with Gasteiger partial charge in [-0.3, -0.25) is 0 Å². The summed E-state index contributed by atoms with van der Waals surface area (Å²) in [5.74, 6) is 0. The maximum absolute atomic E-state index is 5.39. The number of rotatable bonds is 1. The molecule has 1 aliphatic heterocycles. The molecule has 1 atom stereocenters. The van der Waals surface area contributed by atoms with Gasteiger partial charge in [0.1, 0.15) is 6.10 Å². The average molecular weight is 217 g/mol. The van der Waals surface area contributed by atoms with E-state index >= 15 is 0 Å². The number of aryl methyl sites for hydroxylation is 2. The molecule has 0 bridgehead atoms. The molecule has 16 heavy (non-hydrogen) atoms.